The summed E-state index contributed by atoms with van der Waals surface area (Å²) >= 11 is 10.1. The highest BCUT2D eigenvalue weighted by molar-refractivity contribution is 7.72. The van der Waals surface area contributed by atoms with Crippen molar-refractivity contribution in [3.8, 4) is 5.75 Å². The maximum atomic E-state index is 12.0. The summed E-state index contributed by atoms with van der Waals surface area (Å²) in [5.74, 6) is 1.07. The van der Waals surface area contributed by atoms with Gasteiger partial charge in [0.2, 0.25) is 0 Å². The minimum atomic E-state index is -1.19. The van der Waals surface area contributed by atoms with Crippen LogP contribution in [0.2, 0.25) is 0 Å². The van der Waals surface area contributed by atoms with Gasteiger partial charge in [0.25, 0.3) is 5.91 Å². The van der Waals surface area contributed by atoms with E-state index in [-0.39, 0.29) is 6.54 Å². The van der Waals surface area contributed by atoms with Gasteiger partial charge in [0, 0.05) is 12.6 Å². The summed E-state index contributed by atoms with van der Waals surface area (Å²) in [6, 6.07) is 8.98. The van der Waals surface area contributed by atoms with Gasteiger partial charge in [0.1, 0.15) is 28.4 Å². The molecule has 1 aliphatic heterocycles. The standard InChI is InChI=1S/C19H26N6O4S2/c26-10-19(11-27)9-25(24-17(19)28)13-2-4-14(5-3-13)29-12-20-6-1-7-21-15-8-16(30)23-18(31)22-15/h2-5,8,20,26-27H,1,6-7,9-12H2,(H,24,28)(H3,21,22,23,30,31). The Morgan fingerprint density at radius 1 is 1.13 bits per heavy atom. The van der Waals surface area contributed by atoms with Gasteiger partial charge in [-0.05, 0) is 49.4 Å². The van der Waals surface area contributed by atoms with Crippen LogP contribution >= 0.6 is 24.4 Å². The van der Waals surface area contributed by atoms with Crippen molar-refractivity contribution in [3.05, 3.63) is 39.7 Å². The number of anilines is 2. The third-order valence-electron chi connectivity index (χ3n) is 4.88. The molecule has 0 radical (unpaired) electrons. The summed E-state index contributed by atoms with van der Waals surface area (Å²) in [5, 5.41) is 27.0. The normalized spacial score (nSPS) is 15.0. The van der Waals surface area contributed by atoms with Crippen LogP contribution in [0.1, 0.15) is 6.42 Å². The molecule has 12 heteroatoms. The van der Waals surface area contributed by atoms with E-state index < -0.39 is 24.5 Å². The van der Waals surface area contributed by atoms with Crippen LogP contribution in [0.3, 0.4) is 0 Å². The largest absolute Gasteiger partial charge is 0.478 e. The first-order valence-corrected chi connectivity index (χ1v) is 10.6. The lowest BCUT2D eigenvalue weighted by molar-refractivity contribution is -0.131. The number of H-pyrrole nitrogens is 2. The van der Waals surface area contributed by atoms with Crippen molar-refractivity contribution in [2.75, 3.05) is 49.9 Å². The summed E-state index contributed by atoms with van der Waals surface area (Å²) in [5.41, 5.74) is 2.22. The number of hydrogen-bond acceptors (Lipinski definition) is 9. The molecule has 0 bridgehead atoms. The zero-order valence-corrected chi connectivity index (χ0v) is 18.4. The van der Waals surface area contributed by atoms with Crippen LogP contribution < -0.4 is 25.8 Å². The SMILES string of the molecule is O=C1NN(c2ccc(OCNCCCNc3cc(=S)[nH]c(=S)[nH]3)cc2)CC1(CO)CO. The van der Waals surface area contributed by atoms with Crippen LogP contribution in [0.4, 0.5) is 11.5 Å². The van der Waals surface area contributed by atoms with E-state index in [1.165, 1.54) is 0 Å². The number of aromatic nitrogens is 2. The van der Waals surface area contributed by atoms with Crippen molar-refractivity contribution in [2.45, 2.75) is 6.42 Å². The van der Waals surface area contributed by atoms with Crippen LogP contribution in [0.5, 0.6) is 5.75 Å². The molecule has 2 aromatic rings. The lowest BCUT2D eigenvalue weighted by Gasteiger charge is -2.21. The van der Waals surface area contributed by atoms with Crippen LogP contribution in [0, 0.1) is 14.8 Å². The van der Waals surface area contributed by atoms with Crippen LogP contribution in [0.15, 0.2) is 30.3 Å². The molecule has 168 valence electrons. The Kier molecular flexibility index (Phi) is 7.98. The fraction of sp³-hybridized carbons (Fsp3) is 0.421. The number of aliphatic hydroxyl groups excluding tert-OH is 2. The maximum absolute atomic E-state index is 12.0. The van der Waals surface area contributed by atoms with E-state index in [0.717, 1.165) is 31.0 Å². The molecule has 0 unspecified atom stereocenters. The number of ether oxygens (including phenoxy) is 1. The molecule has 0 spiro atoms. The number of carbonyl (C=O) groups is 1. The molecule has 0 aliphatic carbocycles. The number of benzene rings is 1. The Balaban J connectivity index is 1.36. The molecule has 1 aromatic heterocycles. The fourth-order valence-corrected chi connectivity index (χ4v) is 3.54. The number of rotatable bonds is 11. The summed E-state index contributed by atoms with van der Waals surface area (Å²) < 4.78 is 6.74. The molecular formula is C19H26N6O4S2. The molecule has 1 aromatic carbocycles. The predicted molar refractivity (Wildman–Crippen MR) is 122 cm³/mol. The Morgan fingerprint density at radius 3 is 2.52 bits per heavy atom. The first-order valence-electron chi connectivity index (χ1n) is 9.77. The molecule has 2 heterocycles. The van der Waals surface area contributed by atoms with Crippen molar-refractivity contribution in [2.24, 2.45) is 5.41 Å². The Morgan fingerprint density at radius 2 is 1.87 bits per heavy atom. The summed E-state index contributed by atoms with van der Waals surface area (Å²) in [7, 11) is 0. The highest BCUT2D eigenvalue weighted by Crippen LogP contribution is 2.28. The van der Waals surface area contributed by atoms with E-state index in [1.54, 1.807) is 35.3 Å². The number of hydrazine groups is 1. The smallest absolute Gasteiger partial charge is 0.251 e. The van der Waals surface area contributed by atoms with Crippen LogP contribution in [0.25, 0.3) is 0 Å². The topological polar surface area (TPSA) is 138 Å². The van der Waals surface area contributed by atoms with Gasteiger partial charge in [-0.2, -0.15) is 0 Å². The fourth-order valence-electron chi connectivity index (χ4n) is 3.03. The second-order valence-electron chi connectivity index (χ2n) is 7.19. The summed E-state index contributed by atoms with van der Waals surface area (Å²) in [6.45, 7) is 1.22. The van der Waals surface area contributed by atoms with E-state index in [9.17, 15) is 15.0 Å². The third-order valence-corrected chi connectivity index (χ3v) is 5.30. The molecule has 1 fully saturated rings. The number of hydrogen-bond donors (Lipinski definition) is 7. The first kappa shape index (κ1) is 23.2. The number of carbonyl (C=O) groups excluding carboxylic acids is 1. The molecule has 10 nitrogen and oxygen atoms in total. The van der Waals surface area contributed by atoms with Gasteiger partial charge in [-0.25, -0.2) is 0 Å². The van der Waals surface area contributed by atoms with E-state index in [2.05, 4.69) is 26.0 Å². The number of aliphatic hydroxyl groups is 2. The van der Waals surface area contributed by atoms with E-state index in [0.29, 0.717) is 21.9 Å². The highest BCUT2D eigenvalue weighted by Gasteiger charge is 2.45. The molecule has 1 aliphatic rings. The number of amides is 1. The van der Waals surface area contributed by atoms with Gasteiger partial charge in [-0.15, -0.1) is 0 Å². The highest BCUT2D eigenvalue weighted by atomic mass is 32.1. The molecule has 7 N–H and O–H groups in total. The number of nitrogens with zero attached hydrogens (tertiary/aromatic N) is 1. The Labute approximate surface area is 189 Å². The van der Waals surface area contributed by atoms with Crippen LogP contribution in [-0.2, 0) is 4.79 Å². The van der Waals surface area contributed by atoms with Gasteiger partial charge in [-0.3, -0.25) is 20.5 Å². The van der Waals surface area contributed by atoms with Crippen molar-refractivity contribution >= 4 is 41.8 Å². The second-order valence-corrected chi connectivity index (χ2v) is 8.04. The average molecular weight is 467 g/mol. The summed E-state index contributed by atoms with van der Waals surface area (Å²) in [6.07, 6.45) is 0.875. The monoisotopic (exact) mass is 466 g/mol. The molecule has 31 heavy (non-hydrogen) atoms. The van der Waals surface area contributed by atoms with E-state index in [4.69, 9.17) is 29.2 Å². The van der Waals surface area contributed by atoms with Crippen molar-refractivity contribution in [1.82, 2.24) is 20.7 Å². The van der Waals surface area contributed by atoms with Gasteiger partial charge in [-0.1, -0.05) is 12.2 Å². The van der Waals surface area contributed by atoms with Crippen molar-refractivity contribution in [1.29, 1.82) is 0 Å². The van der Waals surface area contributed by atoms with Crippen LogP contribution in [-0.4, -0.2) is 65.7 Å². The molecule has 0 saturated carbocycles. The molecule has 1 amide bonds. The number of nitrogens with one attached hydrogen (secondary N) is 5. The van der Waals surface area contributed by atoms with Gasteiger partial charge in [0.15, 0.2) is 4.77 Å². The quantitative estimate of drug-likeness (QED) is 0.147. The Hall–Kier alpha value is -2.51. The van der Waals surface area contributed by atoms with Crippen molar-refractivity contribution in [3.63, 3.8) is 0 Å². The minimum Gasteiger partial charge on any atom is -0.478 e. The second kappa shape index (κ2) is 10.7. The minimum absolute atomic E-state index is 0.190. The maximum Gasteiger partial charge on any atom is 0.251 e. The lowest BCUT2D eigenvalue weighted by Crippen LogP contribution is -2.39. The predicted octanol–water partition coefficient (Wildman–Crippen LogP) is 1.05. The average Bonchev–Trinajstić information content (AvgIpc) is 3.09. The molecule has 1 saturated heterocycles. The van der Waals surface area contributed by atoms with Gasteiger partial charge in [0.05, 0.1) is 25.4 Å². The zero-order valence-electron chi connectivity index (χ0n) is 16.8. The van der Waals surface area contributed by atoms with Crippen molar-refractivity contribution < 1.29 is 19.7 Å². The first-order chi connectivity index (χ1) is 15.0. The number of aromatic amines is 2. The summed E-state index contributed by atoms with van der Waals surface area (Å²) in [4.78, 5) is 17.9. The Bertz CT molecular complexity index is 962. The molecular weight excluding hydrogens is 440 g/mol. The third kappa shape index (κ3) is 6.02. The zero-order chi connectivity index (χ0) is 22.3. The lowest BCUT2D eigenvalue weighted by atomic mass is 9.90. The molecule has 0 atom stereocenters. The van der Waals surface area contributed by atoms with Gasteiger partial charge >= 0.3 is 0 Å². The van der Waals surface area contributed by atoms with Gasteiger partial charge < -0.3 is 30.2 Å². The van der Waals surface area contributed by atoms with E-state index in [1.807, 2.05) is 0 Å². The van der Waals surface area contributed by atoms with E-state index >= 15 is 0 Å². The molecule has 3 rings (SSSR count).